The molecule has 0 aliphatic carbocycles. The summed E-state index contributed by atoms with van der Waals surface area (Å²) in [4.78, 5) is 3.96. The molecule has 19 heavy (non-hydrogen) atoms. The third kappa shape index (κ3) is 3.38. The zero-order valence-corrected chi connectivity index (χ0v) is 11.8. The van der Waals surface area contributed by atoms with Gasteiger partial charge in [-0.3, -0.25) is 4.98 Å². The molecule has 0 atom stereocenters. The molecular formula is C12H14N2O3S2. The Labute approximate surface area is 116 Å². The molecule has 0 bridgehead atoms. The van der Waals surface area contributed by atoms with Crippen molar-refractivity contribution in [2.45, 2.75) is 10.8 Å². The van der Waals surface area contributed by atoms with Crippen LogP contribution < -0.4 is 0 Å². The first-order valence-electron chi connectivity index (χ1n) is 5.68. The van der Waals surface area contributed by atoms with E-state index in [9.17, 15) is 8.42 Å². The average Bonchev–Trinajstić information content (AvgIpc) is 2.94. The van der Waals surface area contributed by atoms with Crippen molar-refractivity contribution in [2.24, 2.45) is 0 Å². The van der Waals surface area contributed by atoms with E-state index in [0.29, 0.717) is 0 Å². The van der Waals surface area contributed by atoms with E-state index in [-0.39, 0.29) is 23.9 Å². The summed E-state index contributed by atoms with van der Waals surface area (Å²) in [5.74, 6) is 0. The van der Waals surface area contributed by atoms with E-state index in [2.05, 4.69) is 4.98 Å². The topological polar surface area (TPSA) is 70.5 Å². The van der Waals surface area contributed by atoms with Crippen LogP contribution in [0.3, 0.4) is 0 Å². The zero-order chi connectivity index (χ0) is 13.7. The first kappa shape index (κ1) is 14.1. The summed E-state index contributed by atoms with van der Waals surface area (Å²) in [6.45, 7) is 0.0502. The van der Waals surface area contributed by atoms with Crippen LogP contribution in [0.4, 0.5) is 0 Å². The first-order valence-corrected chi connectivity index (χ1v) is 8.00. The highest BCUT2D eigenvalue weighted by molar-refractivity contribution is 7.91. The molecule has 0 aliphatic rings. The van der Waals surface area contributed by atoms with Crippen molar-refractivity contribution in [2.75, 3.05) is 13.2 Å². The summed E-state index contributed by atoms with van der Waals surface area (Å²) >= 11 is 1.17. The number of pyridine rings is 1. The lowest BCUT2D eigenvalue weighted by atomic mass is 10.3. The number of sulfonamides is 1. The number of rotatable bonds is 6. The molecule has 2 aromatic heterocycles. The number of nitrogens with zero attached hydrogens (tertiary/aromatic N) is 2. The van der Waals surface area contributed by atoms with Gasteiger partial charge in [0.2, 0.25) is 0 Å². The van der Waals surface area contributed by atoms with Crippen LogP contribution in [0.15, 0.2) is 46.2 Å². The van der Waals surface area contributed by atoms with Crippen LogP contribution in [-0.2, 0) is 16.6 Å². The summed E-state index contributed by atoms with van der Waals surface area (Å²) < 4.78 is 26.3. The normalized spacial score (nSPS) is 11.9. The van der Waals surface area contributed by atoms with Crippen LogP contribution in [-0.4, -0.2) is 36.0 Å². The van der Waals surface area contributed by atoms with E-state index < -0.39 is 10.0 Å². The van der Waals surface area contributed by atoms with Gasteiger partial charge in [0, 0.05) is 25.5 Å². The molecule has 5 nitrogen and oxygen atoms in total. The second-order valence-electron chi connectivity index (χ2n) is 3.86. The lowest BCUT2D eigenvalue weighted by molar-refractivity contribution is 0.251. The molecule has 0 saturated heterocycles. The molecule has 0 unspecified atom stereocenters. The standard InChI is InChI=1S/C12H14N2O3S2/c15-7-6-14(10-11-3-1-5-13-9-11)19(16,17)12-4-2-8-18-12/h1-5,8-9,15H,6-7,10H2. The molecule has 102 valence electrons. The highest BCUT2D eigenvalue weighted by Crippen LogP contribution is 2.22. The van der Waals surface area contributed by atoms with Gasteiger partial charge >= 0.3 is 0 Å². The van der Waals surface area contributed by atoms with Gasteiger partial charge in [-0.2, -0.15) is 4.31 Å². The van der Waals surface area contributed by atoms with E-state index in [4.69, 9.17) is 5.11 Å². The Balaban J connectivity index is 2.26. The quantitative estimate of drug-likeness (QED) is 0.873. The van der Waals surface area contributed by atoms with Crippen molar-refractivity contribution in [3.8, 4) is 0 Å². The summed E-state index contributed by atoms with van der Waals surface area (Å²) in [5, 5.41) is 10.8. The van der Waals surface area contributed by atoms with Crippen LogP contribution in [0.1, 0.15) is 5.56 Å². The van der Waals surface area contributed by atoms with Crippen molar-refractivity contribution in [3.05, 3.63) is 47.6 Å². The number of aromatic nitrogens is 1. The van der Waals surface area contributed by atoms with Crippen LogP contribution in [0, 0.1) is 0 Å². The summed E-state index contributed by atoms with van der Waals surface area (Å²) in [7, 11) is -3.55. The molecule has 0 spiro atoms. The van der Waals surface area contributed by atoms with Crippen LogP contribution in [0.25, 0.3) is 0 Å². The fraction of sp³-hybridized carbons (Fsp3) is 0.250. The minimum absolute atomic E-state index is 0.0646. The average molecular weight is 298 g/mol. The SMILES string of the molecule is O=S(=O)(c1cccs1)N(CCO)Cc1cccnc1. The van der Waals surface area contributed by atoms with Crippen LogP contribution >= 0.6 is 11.3 Å². The van der Waals surface area contributed by atoms with E-state index in [1.54, 1.807) is 42.0 Å². The second kappa shape index (κ2) is 6.25. The maximum atomic E-state index is 12.4. The minimum Gasteiger partial charge on any atom is -0.395 e. The predicted molar refractivity (Wildman–Crippen MR) is 73.2 cm³/mol. The van der Waals surface area contributed by atoms with E-state index in [1.165, 1.54) is 15.6 Å². The molecule has 0 aromatic carbocycles. The van der Waals surface area contributed by atoms with E-state index >= 15 is 0 Å². The molecule has 1 N–H and O–H groups in total. The van der Waals surface area contributed by atoms with Gasteiger partial charge in [-0.1, -0.05) is 12.1 Å². The van der Waals surface area contributed by atoms with Crippen molar-refractivity contribution in [1.29, 1.82) is 0 Å². The van der Waals surface area contributed by atoms with Crippen LogP contribution in [0.5, 0.6) is 0 Å². The Kier molecular flexibility index (Phi) is 4.65. The number of aliphatic hydroxyl groups excluding tert-OH is 1. The molecule has 0 aliphatic heterocycles. The highest BCUT2D eigenvalue weighted by Gasteiger charge is 2.25. The van der Waals surface area contributed by atoms with Crippen molar-refractivity contribution < 1.29 is 13.5 Å². The van der Waals surface area contributed by atoms with Gasteiger partial charge in [0.25, 0.3) is 10.0 Å². The van der Waals surface area contributed by atoms with E-state index in [1.807, 2.05) is 0 Å². The molecule has 2 heterocycles. The third-order valence-corrected chi connectivity index (χ3v) is 5.74. The fourth-order valence-corrected chi connectivity index (χ4v) is 4.19. The molecule has 0 saturated carbocycles. The molecule has 0 fully saturated rings. The number of hydrogen-bond donors (Lipinski definition) is 1. The highest BCUT2D eigenvalue weighted by atomic mass is 32.2. The third-order valence-electron chi connectivity index (χ3n) is 2.52. The first-order chi connectivity index (χ1) is 9.14. The maximum absolute atomic E-state index is 12.4. The van der Waals surface area contributed by atoms with Gasteiger partial charge in [-0.15, -0.1) is 11.3 Å². The summed E-state index contributed by atoms with van der Waals surface area (Å²) in [5.41, 5.74) is 0.788. The Morgan fingerprint density at radius 1 is 1.32 bits per heavy atom. The zero-order valence-electron chi connectivity index (χ0n) is 10.1. The number of hydrogen-bond acceptors (Lipinski definition) is 5. The number of thiophene rings is 1. The largest absolute Gasteiger partial charge is 0.395 e. The smallest absolute Gasteiger partial charge is 0.252 e. The molecule has 0 amide bonds. The maximum Gasteiger partial charge on any atom is 0.252 e. The molecule has 0 radical (unpaired) electrons. The van der Waals surface area contributed by atoms with Gasteiger partial charge in [0.1, 0.15) is 4.21 Å². The van der Waals surface area contributed by atoms with Gasteiger partial charge in [0.05, 0.1) is 6.61 Å². The number of aliphatic hydroxyl groups is 1. The van der Waals surface area contributed by atoms with Gasteiger partial charge in [-0.05, 0) is 23.1 Å². The van der Waals surface area contributed by atoms with Gasteiger partial charge in [-0.25, -0.2) is 8.42 Å². The minimum atomic E-state index is -3.55. The molecule has 7 heteroatoms. The Bertz CT molecular complexity index is 597. The van der Waals surface area contributed by atoms with E-state index in [0.717, 1.165) is 5.56 Å². The Morgan fingerprint density at radius 2 is 2.16 bits per heavy atom. The Morgan fingerprint density at radius 3 is 2.74 bits per heavy atom. The van der Waals surface area contributed by atoms with Gasteiger partial charge in [0.15, 0.2) is 0 Å². The summed E-state index contributed by atoms with van der Waals surface area (Å²) in [6.07, 6.45) is 3.25. The predicted octanol–water partition coefficient (Wildman–Crippen LogP) is 1.33. The van der Waals surface area contributed by atoms with Crippen molar-refractivity contribution >= 4 is 21.4 Å². The monoisotopic (exact) mass is 298 g/mol. The Hall–Kier alpha value is -1.28. The second-order valence-corrected chi connectivity index (χ2v) is 6.97. The van der Waals surface area contributed by atoms with Crippen LogP contribution in [0.2, 0.25) is 0 Å². The molecule has 2 rings (SSSR count). The lowest BCUT2D eigenvalue weighted by Gasteiger charge is -2.20. The lowest BCUT2D eigenvalue weighted by Crippen LogP contribution is -2.32. The fourth-order valence-electron chi connectivity index (χ4n) is 1.63. The van der Waals surface area contributed by atoms with Crippen molar-refractivity contribution in [1.82, 2.24) is 9.29 Å². The van der Waals surface area contributed by atoms with Crippen molar-refractivity contribution in [3.63, 3.8) is 0 Å². The summed E-state index contributed by atoms with van der Waals surface area (Å²) in [6, 6.07) is 6.82. The van der Waals surface area contributed by atoms with Gasteiger partial charge < -0.3 is 5.11 Å². The molecule has 2 aromatic rings. The molecular weight excluding hydrogens is 284 g/mol.